The fourth-order valence-corrected chi connectivity index (χ4v) is 2.66. The van der Waals surface area contributed by atoms with Crippen molar-refractivity contribution in [2.24, 2.45) is 0 Å². The Balaban J connectivity index is 2.40. The number of aryl methyl sites for hydroxylation is 1. The molecule has 2 rings (SSSR count). The number of thiazole rings is 1. The molecule has 13 heavy (non-hydrogen) atoms. The van der Waals surface area contributed by atoms with Crippen molar-refractivity contribution in [3.63, 3.8) is 0 Å². The van der Waals surface area contributed by atoms with Crippen molar-refractivity contribution in [1.29, 1.82) is 0 Å². The number of carbonyl (C=O) groups excluding carboxylic acids is 1. The summed E-state index contributed by atoms with van der Waals surface area (Å²) in [5, 5.41) is 0.931. The molecule has 0 unspecified atom stereocenters. The third kappa shape index (κ3) is 1.68. The van der Waals surface area contributed by atoms with Crippen molar-refractivity contribution in [1.82, 2.24) is 4.98 Å². The maximum absolute atomic E-state index is 10.4. The van der Waals surface area contributed by atoms with Gasteiger partial charge in [-0.2, -0.15) is 0 Å². The molecule has 0 saturated heterocycles. The Morgan fingerprint density at radius 3 is 2.77 bits per heavy atom. The fraction of sp³-hybridized carbons (Fsp3) is 0.111. The number of thiophene rings is 1. The highest BCUT2D eigenvalue weighted by Crippen LogP contribution is 2.30. The van der Waals surface area contributed by atoms with Crippen LogP contribution < -0.4 is 0 Å². The summed E-state index contributed by atoms with van der Waals surface area (Å²) in [4.78, 5) is 17.7. The third-order valence-corrected chi connectivity index (χ3v) is 3.68. The third-order valence-electron chi connectivity index (χ3n) is 1.59. The molecule has 2 heterocycles. The Morgan fingerprint density at radius 2 is 2.23 bits per heavy atom. The zero-order chi connectivity index (χ0) is 9.26. The highest BCUT2D eigenvalue weighted by Gasteiger charge is 2.05. The van der Waals surface area contributed by atoms with E-state index in [4.69, 9.17) is 0 Å². The topological polar surface area (TPSA) is 30.0 Å². The summed E-state index contributed by atoms with van der Waals surface area (Å²) in [5.74, 6) is 0. The van der Waals surface area contributed by atoms with Crippen LogP contribution in [0, 0.1) is 6.92 Å². The molecular formula is C9H7NOS2. The molecule has 0 aliphatic rings. The SMILES string of the molecule is Cc1ccc(-c2ncc(C=O)s2)s1. The Kier molecular flexibility index (Phi) is 2.24. The second-order valence-corrected chi connectivity index (χ2v) is 4.95. The van der Waals surface area contributed by atoms with E-state index < -0.39 is 0 Å². The van der Waals surface area contributed by atoms with Crippen LogP contribution >= 0.6 is 22.7 Å². The average molecular weight is 209 g/mol. The summed E-state index contributed by atoms with van der Waals surface area (Å²) in [5.41, 5.74) is 0. The summed E-state index contributed by atoms with van der Waals surface area (Å²) in [6.07, 6.45) is 2.45. The van der Waals surface area contributed by atoms with Gasteiger partial charge in [0.1, 0.15) is 5.01 Å². The lowest BCUT2D eigenvalue weighted by Crippen LogP contribution is -1.64. The van der Waals surface area contributed by atoms with E-state index in [1.807, 2.05) is 6.07 Å². The molecule has 0 radical (unpaired) electrons. The second-order valence-electron chi connectivity index (χ2n) is 2.60. The standard InChI is InChI=1S/C9H7NOS2/c1-6-2-3-8(12-6)9-10-4-7(5-11)13-9/h2-5H,1H3. The first kappa shape index (κ1) is 8.59. The van der Waals surface area contributed by atoms with Crippen LogP contribution in [0.15, 0.2) is 18.3 Å². The normalized spacial score (nSPS) is 10.2. The van der Waals surface area contributed by atoms with Crippen molar-refractivity contribution in [2.45, 2.75) is 6.92 Å². The summed E-state index contributed by atoms with van der Waals surface area (Å²) in [6, 6.07) is 4.09. The lowest BCUT2D eigenvalue weighted by molar-refractivity contribution is 0.112. The largest absolute Gasteiger partial charge is 0.297 e. The molecule has 0 fully saturated rings. The molecule has 0 atom stereocenters. The highest BCUT2D eigenvalue weighted by atomic mass is 32.1. The zero-order valence-electron chi connectivity index (χ0n) is 6.98. The van der Waals surface area contributed by atoms with E-state index in [1.165, 1.54) is 16.2 Å². The van der Waals surface area contributed by atoms with Gasteiger partial charge < -0.3 is 0 Å². The first-order chi connectivity index (χ1) is 6.29. The van der Waals surface area contributed by atoms with Gasteiger partial charge in [0.2, 0.25) is 0 Å². The number of hydrogen-bond donors (Lipinski definition) is 0. The maximum Gasteiger partial charge on any atom is 0.161 e. The molecule has 2 aromatic rings. The lowest BCUT2D eigenvalue weighted by Gasteiger charge is -1.85. The van der Waals surface area contributed by atoms with E-state index in [-0.39, 0.29) is 0 Å². The van der Waals surface area contributed by atoms with Gasteiger partial charge in [-0.3, -0.25) is 4.79 Å². The van der Waals surface area contributed by atoms with Gasteiger partial charge >= 0.3 is 0 Å². The molecule has 0 aliphatic carbocycles. The van der Waals surface area contributed by atoms with E-state index in [2.05, 4.69) is 18.0 Å². The van der Waals surface area contributed by atoms with Crippen molar-refractivity contribution in [2.75, 3.05) is 0 Å². The molecule has 2 aromatic heterocycles. The Bertz CT molecular complexity index is 430. The van der Waals surface area contributed by atoms with E-state index in [0.717, 1.165) is 16.2 Å². The first-order valence-electron chi connectivity index (χ1n) is 3.77. The molecule has 0 amide bonds. The van der Waals surface area contributed by atoms with Gasteiger partial charge in [0.25, 0.3) is 0 Å². The van der Waals surface area contributed by atoms with Crippen molar-refractivity contribution in [3.8, 4) is 9.88 Å². The van der Waals surface area contributed by atoms with Crippen LogP contribution in [-0.2, 0) is 0 Å². The molecule has 0 saturated carbocycles. The monoisotopic (exact) mass is 209 g/mol. The minimum Gasteiger partial charge on any atom is -0.297 e. The predicted molar refractivity (Wildman–Crippen MR) is 55.6 cm³/mol. The fourth-order valence-electron chi connectivity index (χ4n) is 1.00. The molecule has 0 aliphatic heterocycles. The first-order valence-corrected chi connectivity index (χ1v) is 5.41. The number of rotatable bonds is 2. The number of nitrogens with zero attached hydrogens (tertiary/aromatic N) is 1. The van der Waals surface area contributed by atoms with Gasteiger partial charge in [-0.1, -0.05) is 0 Å². The van der Waals surface area contributed by atoms with Crippen molar-refractivity contribution >= 4 is 29.0 Å². The van der Waals surface area contributed by atoms with E-state index >= 15 is 0 Å². The quantitative estimate of drug-likeness (QED) is 0.712. The van der Waals surface area contributed by atoms with Gasteiger partial charge in [-0.25, -0.2) is 4.98 Å². The van der Waals surface area contributed by atoms with Gasteiger partial charge in [-0.05, 0) is 19.1 Å². The smallest absolute Gasteiger partial charge is 0.161 e. The maximum atomic E-state index is 10.4. The van der Waals surface area contributed by atoms with Gasteiger partial charge in [0.15, 0.2) is 6.29 Å². The van der Waals surface area contributed by atoms with Gasteiger partial charge in [-0.15, -0.1) is 22.7 Å². The van der Waals surface area contributed by atoms with Crippen LogP contribution in [0.1, 0.15) is 14.5 Å². The highest BCUT2D eigenvalue weighted by molar-refractivity contribution is 7.22. The van der Waals surface area contributed by atoms with Gasteiger partial charge in [0.05, 0.1) is 9.75 Å². The minimum absolute atomic E-state index is 0.682. The van der Waals surface area contributed by atoms with E-state index in [9.17, 15) is 4.79 Å². The van der Waals surface area contributed by atoms with Crippen LogP contribution in [0.25, 0.3) is 9.88 Å². The van der Waals surface area contributed by atoms with Crippen LogP contribution in [0.3, 0.4) is 0 Å². The van der Waals surface area contributed by atoms with Crippen LogP contribution in [0.2, 0.25) is 0 Å². The molecule has 0 aromatic carbocycles. The average Bonchev–Trinajstić information content (AvgIpc) is 2.71. The number of aromatic nitrogens is 1. The van der Waals surface area contributed by atoms with Crippen molar-refractivity contribution < 1.29 is 4.79 Å². The number of hydrogen-bond acceptors (Lipinski definition) is 4. The summed E-state index contributed by atoms with van der Waals surface area (Å²) < 4.78 is 0. The second kappa shape index (κ2) is 3.40. The molecule has 0 N–H and O–H groups in total. The number of carbonyl (C=O) groups is 1. The van der Waals surface area contributed by atoms with Crippen LogP contribution in [0.4, 0.5) is 0 Å². The van der Waals surface area contributed by atoms with Gasteiger partial charge in [0, 0.05) is 11.1 Å². The molecule has 66 valence electrons. The molecule has 2 nitrogen and oxygen atoms in total. The number of aldehydes is 1. The molecular weight excluding hydrogens is 202 g/mol. The van der Waals surface area contributed by atoms with Crippen LogP contribution in [0.5, 0.6) is 0 Å². The lowest BCUT2D eigenvalue weighted by atomic mass is 10.4. The van der Waals surface area contributed by atoms with E-state index in [1.54, 1.807) is 17.5 Å². The Hall–Kier alpha value is -1.00. The Labute approximate surface area is 83.9 Å². The van der Waals surface area contributed by atoms with E-state index in [0.29, 0.717) is 4.88 Å². The molecule has 4 heteroatoms. The minimum atomic E-state index is 0.682. The molecule has 0 spiro atoms. The summed E-state index contributed by atoms with van der Waals surface area (Å²) in [7, 11) is 0. The Morgan fingerprint density at radius 1 is 1.38 bits per heavy atom. The van der Waals surface area contributed by atoms with Crippen molar-refractivity contribution in [3.05, 3.63) is 28.1 Å². The predicted octanol–water partition coefficient (Wildman–Crippen LogP) is 2.99. The van der Waals surface area contributed by atoms with Crippen LogP contribution in [-0.4, -0.2) is 11.3 Å². The molecule has 0 bridgehead atoms. The summed E-state index contributed by atoms with van der Waals surface area (Å²) >= 11 is 3.13. The zero-order valence-corrected chi connectivity index (χ0v) is 8.61. The summed E-state index contributed by atoms with van der Waals surface area (Å²) in [6.45, 7) is 2.06.